The molecule has 2 N–H and O–H groups in total. The van der Waals surface area contributed by atoms with Crippen LogP contribution in [0, 0.1) is 64.0 Å². The molecule has 4 fully saturated rings. The minimum absolute atomic E-state index is 0.00138. The number of aliphatic hydroxyl groups excluding tert-OH is 1. The normalized spacial score (nSPS) is 41.3. The van der Waals surface area contributed by atoms with E-state index in [1.54, 1.807) is 6.07 Å². The number of benzene rings is 1. The molecule has 0 bridgehead atoms. The summed E-state index contributed by atoms with van der Waals surface area (Å²) in [4.78, 5) is 13.3. The van der Waals surface area contributed by atoms with Crippen LogP contribution in [0.2, 0.25) is 0 Å². The van der Waals surface area contributed by atoms with Gasteiger partial charge >= 0.3 is 6.09 Å². The molecular formula is C41H60FNO3. The van der Waals surface area contributed by atoms with E-state index in [9.17, 15) is 14.3 Å². The molecule has 1 amide bonds. The highest BCUT2D eigenvalue weighted by atomic mass is 19.1. The van der Waals surface area contributed by atoms with Gasteiger partial charge in [-0.1, -0.05) is 59.4 Å². The molecule has 254 valence electrons. The van der Waals surface area contributed by atoms with Crippen LogP contribution >= 0.6 is 0 Å². The van der Waals surface area contributed by atoms with Crippen LogP contribution in [0.4, 0.5) is 9.18 Å². The second-order valence-corrected chi connectivity index (χ2v) is 18.4. The fraction of sp³-hybridized carbons (Fsp3) is 0.732. The SMILES string of the molecule is C=C(CO)[C@@H]1CC[C@]2(NC(=O)OC(C)(C)C)CC[C@]3(C)[C@H](CC[C@@H]4[C@@]5(C)CC=C(c6ccc(C)c(F)c6)C(C)(C)[C@@H]5CC[C@]43C)[C@@H]12. The lowest BCUT2D eigenvalue weighted by atomic mass is 9.33. The molecule has 4 nitrogen and oxygen atoms in total. The van der Waals surface area contributed by atoms with Crippen molar-refractivity contribution in [1.82, 2.24) is 5.32 Å². The summed E-state index contributed by atoms with van der Waals surface area (Å²) in [5, 5.41) is 13.8. The second kappa shape index (κ2) is 10.9. The van der Waals surface area contributed by atoms with Crippen molar-refractivity contribution in [2.24, 2.45) is 51.2 Å². The zero-order chi connectivity index (χ0) is 33.7. The zero-order valence-electron chi connectivity index (χ0n) is 30.1. The summed E-state index contributed by atoms with van der Waals surface area (Å²) >= 11 is 0. The molecule has 4 saturated carbocycles. The van der Waals surface area contributed by atoms with Crippen LogP contribution in [-0.2, 0) is 4.74 Å². The van der Waals surface area contributed by atoms with Gasteiger partial charge < -0.3 is 15.2 Å². The Bertz CT molecular complexity index is 1440. The maximum Gasteiger partial charge on any atom is 0.408 e. The predicted octanol–water partition coefficient (Wildman–Crippen LogP) is 10.0. The maximum absolute atomic E-state index is 14.8. The standard InChI is InChI=1S/C41H60FNO3/c1-25-11-12-27(23-31(25)42)29-16-18-38(8)32(37(29,6)7)17-19-40(10)33(38)14-13-30-34-28(26(2)24-44)15-20-41(34,22-21-39(30,40)9)43-35(45)46-36(3,4)5/h11-12,16,23,28,30,32-34,44H,2,13-15,17-22,24H2,1,3-10H3,(H,43,45)/t28-,30+,32-,33+,34+,38-,39+,40+,41-/m0/s1. The van der Waals surface area contributed by atoms with Gasteiger partial charge in [-0.05, 0) is 165 Å². The molecule has 0 radical (unpaired) electrons. The molecule has 5 aliphatic carbocycles. The summed E-state index contributed by atoms with van der Waals surface area (Å²) in [7, 11) is 0. The molecular weight excluding hydrogens is 573 g/mol. The first kappa shape index (κ1) is 33.7. The summed E-state index contributed by atoms with van der Waals surface area (Å²) < 4.78 is 20.6. The van der Waals surface area contributed by atoms with Crippen LogP contribution in [0.5, 0.6) is 0 Å². The van der Waals surface area contributed by atoms with Crippen molar-refractivity contribution in [1.29, 1.82) is 0 Å². The van der Waals surface area contributed by atoms with Crippen molar-refractivity contribution in [2.45, 2.75) is 131 Å². The molecule has 0 saturated heterocycles. The molecule has 5 heteroatoms. The number of alkyl carbamates (subject to hydrolysis) is 1. The van der Waals surface area contributed by atoms with E-state index in [0.717, 1.165) is 49.7 Å². The van der Waals surface area contributed by atoms with Crippen molar-refractivity contribution in [3.8, 4) is 0 Å². The number of nitrogens with one attached hydrogen (secondary N) is 1. The van der Waals surface area contributed by atoms with E-state index in [1.165, 1.54) is 24.8 Å². The van der Waals surface area contributed by atoms with Crippen LogP contribution in [-0.4, -0.2) is 28.9 Å². The van der Waals surface area contributed by atoms with Gasteiger partial charge in [-0.2, -0.15) is 0 Å². The third-order valence-corrected chi connectivity index (χ3v) is 15.0. The lowest BCUT2D eigenvalue weighted by Crippen LogP contribution is -2.68. The number of allylic oxidation sites excluding steroid dienone is 2. The summed E-state index contributed by atoms with van der Waals surface area (Å²) in [5.74, 6) is 1.87. The van der Waals surface area contributed by atoms with Crippen molar-refractivity contribution in [2.75, 3.05) is 6.61 Å². The number of halogens is 1. The number of amides is 1. The average Bonchev–Trinajstić information content (AvgIpc) is 3.32. The number of carbonyl (C=O) groups is 1. The largest absolute Gasteiger partial charge is 0.444 e. The quantitative estimate of drug-likeness (QED) is 0.325. The number of aryl methyl sites for hydroxylation is 1. The van der Waals surface area contributed by atoms with Crippen LogP contribution < -0.4 is 5.32 Å². The van der Waals surface area contributed by atoms with Crippen molar-refractivity contribution >= 4 is 11.7 Å². The molecule has 0 aromatic heterocycles. The average molecular weight is 634 g/mol. The Kier molecular flexibility index (Phi) is 8.03. The smallest absolute Gasteiger partial charge is 0.408 e. The Morgan fingerprint density at radius 2 is 1.72 bits per heavy atom. The van der Waals surface area contributed by atoms with Crippen molar-refractivity contribution < 1.29 is 19.0 Å². The van der Waals surface area contributed by atoms with Crippen molar-refractivity contribution in [3.05, 3.63) is 53.4 Å². The van der Waals surface area contributed by atoms with Gasteiger partial charge in [0.15, 0.2) is 0 Å². The van der Waals surface area contributed by atoms with Gasteiger partial charge in [-0.3, -0.25) is 0 Å². The van der Waals surface area contributed by atoms with E-state index in [0.29, 0.717) is 23.3 Å². The summed E-state index contributed by atoms with van der Waals surface area (Å²) in [6.07, 6.45) is 11.8. The Morgan fingerprint density at radius 3 is 2.37 bits per heavy atom. The third kappa shape index (κ3) is 4.86. The molecule has 0 aliphatic heterocycles. The minimum Gasteiger partial charge on any atom is -0.444 e. The summed E-state index contributed by atoms with van der Waals surface area (Å²) in [5.41, 5.74) is 3.46. The molecule has 0 unspecified atom stereocenters. The Morgan fingerprint density at radius 1 is 1.00 bits per heavy atom. The van der Waals surface area contributed by atoms with Gasteiger partial charge in [0.25, 0.3) is 0 Å². The molecule has 0 spiro atoms. The Hall–Kier alpha value is -2.14. The lowest BCUT2D eigenvalue weighted by molar-refractivity contribution is -0.219. The molecule has 46 heavy (non-hydrogen) atoms. The zero-order valence-corrected chi connectivity index (χ0v) is 30.1. The first-order valence-corrected chi connectivity index (χ1v) is 18.1. The lowest BCUT2D eigenvalue weighted by Gasteiger charge is -2.72. The molecule has 9 atom stereocenters. The first-order chi connectivity index (χ1) is 21.3. The highest BCUT2D eigenvalue weighted by molar-refractivity contribution is 5.72. The number of carbonyl (C=O) groups excluding carboxylic acids is 1. The maximum atomic E-state index is 14.8. The van der Waals surface area contributed by atoms with E-state index in [4.69, 9.17) is 4.74 Å². The number of ether oxygens (including phenoxy) is 1. The molecule has 5 aliphatic rings. The molecule has 0 heterocycles. The Labute approximate surface area is 278 Å². The Balaban J connectivity index is 1.35. The van der Waals surface area contributed by atoms with Crippen molar-refractivity contribution in [3.63, 3.8) is 0 Å². The number of rotatable bonds is 4. The molecule has 1 aromatic rings. The topological polar surface area (TPSA) is 58.6 Å². The molecule has 1 aromatic carbocycles. The van der Waals surface area contributed by atoms with Gasteiger partial charge in [-0.15, -0.1) is 0 Å². The second-order valence-electron chi connectivity index (χ2n) is 18.4. The number of fused-ring (bicyclic) bond motifs is 7. The third-order valence-electron chi connectivity index (χ3n) is 15.0. The van der Waals surface area contributed by atoms with E-state index >= 15 is 0 Å². The van der Waals surface area contributed by atoms with E-state index in [-0.39, 0.29) is 57.6 Å². The van der Waals surface area contributed by atoms with Gasteiger partial charge in [0, 0.05) is 5.54 Å². The van der Waals surface area contributed by atoms with Gasteiger partial charge in [-0.25, -0.2) is 9.18 Å². The van der Waals surface area contributed by atoms with Crippen LogP contribution in [0.15, 0.2) is 36.4 Å². The van der Waals surface area contributed by atoms with E-state index in [2.05, 4.69) is 58.7 Å². The summed E-state index contributed by atoms with van der Waals surface area (Å²) in [6.45, 7) is 24.6. The molecule has 6 rings (SSSR count). The summed E-state index contributed by atoms with van der Waals surface area (Å²) in [6, 6.07) is 5.80. The highest BCUT2D eigenvalue weighted by Crippen LogP contribution is 2.76. The number of aliphatic hydroxyl groups is 1. The highest BCUT2D eigenvalue weighted by Gasteiger charge is 2.70. The van der Waals surface area contributed by atoms with Crippen LogP contribution in [0.25, 0.3) is 5.57 Å². The monoisotopic (exact) mass is 633 g/mol. The minimum atomic E-state index is -0.554. The predicted molar refractivity (Wildman–Crippen MR) is 185 cm³/mol. The van der Waals surface area contributed by atoms with Gasteiger partial charge in [0.2, 0.25) is 0 Å². The fourth-order valence-electron chi connectivity index (χ4n) is 12.8. The van der Waals surface area contributed by atoms with Crippen LogP contribution in [0.3, 0.4) is 0 Å². The number of hydrogen-bond acceptors (Lipinski definition) is 3. The fourth-order valence-corrected chi connectivity index (χ4v) is 12.8. The number of hydrogen-bond donors (Lipinski definition) is 2. The van der Waals surface area contributed by atoms with Crippen LogP contribution in [0.1, 0.15) is 124 Å². The van der Waals surface area contributed by atoms with Gasteiger partial charge in [0.05, 0.1) is 6.61 Å². The first-order valence-electron chi connectivity index (χ1n) is 18.1. The van der Waals surface area contributed by atoms with Gasteiger partial charge in [0.1, 0.15) is 11.4 Å². The van der Waals surface area contributed by atoms with E-state index in [1.807, 2.05) is 33.8 Å². The van der Waals surface area contributed by atoms with E-state index < -0.39 is 5.60 Å².